The molecule has 0 aliphatic rings. The standard InChI is InChI=1S/C20H25N5O/c1-4-15(3)23-18(26)8-9-22-20-19(16-7-5-6-14(2)12-16)24-17-13-21-10-11-25(17)20/h5-7,10-13,15,22H,4,8-9H2,1-3H3,(H,23,26)/t15-/m1/s1. The van der Waals surface area contributed by atoms with Crippen LogP contribution < -0.4 is 10.6 Å². The van der Waals surface area contributed by atoms with Crippen molar-refractivity contribution in [3.8, 4) is 11.3 Å². The van der Waals surface area contributed by atoms with E-state index in [1.165, 1.54) is 5.56 Å². The van der Waals surface area contributed by atoms with Crippen molar-refractivity contribution in [1.82, 2.24) is 19.7 Å². The number of imidazole rings is 1. The van der Waals surface area contributed by atoms with E-state index in [0.717, 1.165) is 29.1 Å². The van der Waals surface area contributed by atoms with Gasteiger partial charge in [0, 0.05) is 37.0 Å². The first-order valence-electron chi connectivity index (χ1n) is 9.01. The predicted molar refractivity (Wildman–Crippen MR) is 104 cm³/mol. The maximum Gasteiger partial charge on any atom is 0.221 e. The van der Waals surface area contributed by atoms with Crippen molar-refractivity contribution >= 4 is 17.4 Å². The molecule has 0 spiro atoms. The molecular weight excluding hydrogens is 326 g/mol. The quantitative estimate of drug-likeness (QED) is 0.684. The monoisotopic (exact) mass is 351 g/mol. The summed E-state index contributed by atoms with van der Waals surface area (Å²) >= 11 is 0. The summed E-state index contributed by atoms with van der Waals surface area (Å²) in [5, 5.41) is 6.38. The number of aromatic nitrogens is 3. The second-order valence-electron chi connectivity index (χ2n) is 6.54. The minimum atomic E-state index is 0.0550. The maximum atomic E-state index is 12.0. The van der Waals surface area contributed by atoms with Crippen molar-refractivity contribution in [3.05, 3.63) is 48.4 Å². The van der Waals surface area contributed by atoms with Gasteiger partial charge in [0.25, 0.3) is 0 Å². The molecule has 2 heterocycles. The van der Waals surface area contributed by atoms with Crippen LogP contribution in [0.1, 0.15) is 32.3 Å². The van der Waals surface area contributed by atoms with Gasteiger partial charge in [0.2, 0.25) is 5.91 Å². The van der Waals surface area contributed by atoms with E-state index in [9.17, 15) is 4.79 Å². The van der Waals surface area contributed by atoms with Crippen molar-refractivity contribution in [2.45, 2.75) is 39.7 Å². The maximum absolute atomic E-state index is 12.0. The zero-order chi connectivity index (χ0) is 18.5. The van der Waals surface area contributed by atoms with Crippen LogP contribution in [-0.2, 0) is 4.79 Å². The van der Waals surface area contributed by atoms with Gasteiger partial charge in [-0.15, -0.1) is 0 Å². The van der Waals surface area contributed by atoms with E-state index < -0.39 is 0 Å². The lowest BCUT2D eigenvalue weighted by molar-refractivity contribution is -0.121. The van der Waals surface area contributed by atoms with E-state index in [0.29, 0.717) is 13.0 Å². The number of aryl methyl sites for hydroxylation is 1. The van der Waals surface area contributed by atoms with E-state index in [4.69, 9.17) is 4.98 Å². The van der Waals surface area contributed by atoms with E-state index >= 15 is 0 Å². The number of benzene rings is 1. The summed E-state index contributed by atoms with van der Waals surface area (Å²) in [7, 11) is 0. The third kappa shape index (κ3) is 4.02. The minimum Gasteiger partial charge on any atom is -0.369 e. The molecular formula is C20H25N5O. The van der Waals surface area contributed by atoms with Gasteiger partial charge in [0.15, 0.2) is 5.65 Å². The van der Waals surface area contributed by atoms with Crippen LogP contribution in [0, 0.1) is 6.92 Å². The Balaban J connectivity index is 1.82. The van der Waals surface area contributed by atoms with Crippen LogP contribution in [0.15, 0.2) is 42.9 Å². The molecule has 3 rings (SSSR count). The first-order chi connectivity index (χ1) is 12.6. The first kappa shape index (κ1) is 17.9. The molecule has 0 saturated heterocycles. The number of hydrogen-bond acceptors (Lipinski definition) is 4. The summed E-state index contributed by atoms with van der Waals surface area (Å²) in [6.45, 7) is 6.67. The van der Waals surface area contributed by atoms with Crippen molar-refractivity contribution in [2.24, 2.45) is 0 Å². The largest absolute Gasteiger partial charge is 0.369 e. The number of carbonyl (C=O) groups is 1. The zero-order valence-electron chi connectivity index (χ0n) is 15.5. The molecule has 26 heavy (non-hydrogen) atoms. The number of nitrogens with one attached hydrogen (secondary N) is 2. The number of nitrogens with zero attached hydrogens (tertiary/aromatic N) is 3. The molecule has 1 amide bonds. The van der Waals surface area contributed by atoms with Crippen LogP contribution >= 0.6 is 0 Å². The second kappa shape index (κ2) is 7.99. The van der Waals surface area contributed by atoms with Gasteiger partial charge in [0.1, 0.15) is 11.5 Å². The lowest BCUT2D eigenvalue weighted by Crippen LogP contribution is -2.33. The Hall–Kier alpha value is -2.89. The summed E-state index contributed by atoms with van der Waals surface area (Å²) in [6, 6.07) is 8.44. The summed E-state index contributed by atoms with van der Waals surface area (Å²) < 4.78 is 1.97. The fourth-order valence-electron chi connectivity index (χ4n) is 2.81. The highest BCUT2D eigenvalue weighted by Gasteiger charge is 2.14. The zero-order valence-corrected chi connectivity index (χ0v) is 15.5. The van der Waals surface area contributed by atoms with Crippen molar-refractivity contribution in [3.63, 3.8) is 0 Å². The van der Waals surface area contributed by atoms with Crippen LogP contribution in [0.5, 0.6) is 0 Å². The normalized spacial score (nSPS) is 12.1. The molecule has 6 nitrogen and oxygen atoms in total. The van der Waals surface area contributed by atoms with Gasteiger partial charge in [-0.25, -0.2) is 4.98 Å². The van der Waals surface area contributed by atoms with Crippen molar-refractivity contribution in [1.29, 1.82) is 0 Å². The Labute approximate surface area is 153 Å². The van der Waals surface area contributed by atoms with Gasteiger partial charge < -0.3 is 10.6 Å². The van der Waals surface area contributed by atoms with Gasteiger partial charge in [-0.05, 0) is 26.3 Å². The highest BCUT2D eigenvalue weighted by Crippen LogP contribution is 2.28. The molecule has 136 valence electrons. The van der Waals surface area contributed by atoms with E-state index in [1.807, 2.05) is 29.7 Å². The molecule has 0 bridgehead atoms. The second-order valence-corrected chi connectivity index (χ2v) is 6.54. The Morgan fingerprint density at radius 2 is 2.19 bits per heavy atom. The van der Waals surface area contributed by atoms with Crippen LogP contribution in [-0.4, -0.2) is 32.9 Å². The number of fused-ring (bicyclic) bond motifs is 1. The van der Waals surface area contributed by atoms with Crippen LogP contribution in [0.25, 0.3) is 16.9 Å². The van der Waals surface area contributed by atoms with E-state index in [2.05, 4.69) is 41.6 Å². The summed E-state index contributed by atoms with van der Waals surface area (Å²) in [5.74, 6) is 0.934. The number of rotatable bonds is 7. The lowest BCUT2D eigenvalue weighted by Gasteiger charge is -2.12. The first-order valence-corrected chi connectivity index (χ1v) is 9.01. The molecule has 0 saturated carbocycles. The summed E-state index contributed by atoms with van der Waals surface area (Å²) in [5.41, 5.74) is 3.86. The van der Waals surface area contributed by atoms with Gasteiger partial charge in [-0.2, -0.15) is 0 Å². The van der Waals surface area contributed by atoms with Crippen LogP contribution in [0.4, 0.5) is 5.82 Å². The molecule has 0 aliphatic carbocycles. The average Bonchev–Trinajstić information content (AvgIpc) is 3.00. The minimum absolute atomic E-state index is 0.0550. The van der Waals surface area contributed by atoms with Crippen LogP contribution in [0.3, 0.4) is 0 Å². The fraction of sp³-hybridized carbons (Fsp3) is 0.350. The molecule has 6 heteroatoms. The molecule has 1 atom stereocenters. The highest BCUT2D eigenvalue weighted by molar-refractivity contribution is 5.79. The number of hydrogen-bond donors (Lipinski definition) is 2. The fourth-order valence-corrected chi connectivity index (χ4v) is 2.81. The molecule has 2 N–H and O–H groups in total. The Morgan fingerprint density at radius 3 is 2.96 bits per heavy atom. The number of anilines is 1. The third-order valence-electron chi connectivity index (χ3n) is 4.39. The average molecular weight is 351 g/mol. The molecule has 0 unspecified atom stereocenters. The summed E-state index contributed by atoms with van der Waals surface area (Å²) in [4.78, 5) is 20.9. The van der Waals surface area contributed by atoms with Gasteiger partial charge in [0.05, 0.1) is 6.20 Å². The molecule has 0 radical (unpaired) electrons. The number of amides is 1. The Kier molecular flexibility index (Phi) is 5.51. The Morgan fingerprint density at radius 1 is 1.35 bits per heavy atom. The van der Waals surface area contributed by atoms with Gasteiger partial charge >= 0.3 is 0 Å². The molecule has 1 aromatic carbocycles. The smallest absolute Gasteiger partial charge is 0.221 e. The predicted octanol–water partition coefficient (Wildman–Crippen LogP) is 3.42. The highest BCUT2D eigenvalue weighted by atomic mass is 16.1. The van der Waals surface area contributed by atoms with E-state index in [-0.39, 0.29) is 11.9 Å². The Bertz CT molecular complexity index is 902. The summed E-state index contributed by atoms with van der Waals surface area (Å²) in [6.07, 6.45) is 6.69. The van der Waals surface area contributed by atoms with Crippen molar-refractivity contribution in [2.75, 3.05) is 11.9 Å². The molecule has 2 aromatic heterocycles. The third-order valence-corrected chi connectivity index (χ3v) is 4.39. The molecule has 0 fully saturated rings. The van der Waals surface area contributed by atoms with Crippen LogP contribution in [0.2, 0.25) is 0 Å². The molecule has 0 aliphatic heterocycles. The molecule has 3 aromatic rings. The lowest BCUT2D eigenvalue weighted by atomic mass is 10.1. The van der Waals surface area contributed by atoms with Gasteiger partial charge in [-0.1, -0.05) is 30.7 Å². The van der Waals surface area contributed by atoms with Gasteiger partial charge in [-0.3, -0.25) is 14.2 Å². The van der Waals surface area contributed by atoms with Crippen molar-refractivity contribution < 1.29 is 4.79 Å². The topological polar surface area (TPSA) is 71.3 Å². The SMILES string of the molecule is CC[C@@H](C)NC(=O)CCNc1c(-c2cccc(C)c2)nc2cnccn12. The van der Waals surface area contributed by atoms with E-state index in [1.54, 1.807) is 12.4 Å². The number of carbonyl (C=O) groups excluding carboxylic acids is 1.